The number of halogens is 2. The lowest BCUT2D eigenvalue weighted by Crippen LogP contribution is -1.98. The van der Waals surface area contributed by atoms with E-state index in [-0.39, 0.29) is 10.9 Å². The number of benzene rings is 1. The molecule has 6 heteroatoms. The van der Waals surface area contributed by atoms with Gasteiger partial charge >= 0.3 is 0 Å². The van der Waals surface area contributed by atoms with E-state index in [9.17, 15) is 10.1 Å². The first kappa shape index (κ1) is 13.6. The van der Waals surface area contributed by atoms with Crippen molar-refractivity contribution in [2.45, 2.75) is 23.5 Å². The summed E-state index contributed by atoms with van der Waals surface area (Å²) in [6.07, 6.45) is 0.801. The zero-order valence-corrected chi connectivity index (χ0v) is 11.0. The molecule has 1 unspecified atom stereocenters. The first-order valence-corrected chi connectivity index (χ1v) is 6.50. The number of hydrogen-bond acceptors (Lipinski definition) is 3. The van der Waals surface area contributed by atoms with E-state index in [4.69, 9.17) is 23.2 Å². The lowest BCUT2D eigenvalue weighted by Gasteiger charge is -2.09. The highest BCUT2D eigenvalue weighted by atomic mass is 35.5. The molecule has 0 saturated heterocycles. The first-order chi connectivity index (χ1) is 7.54. The predicted molar refractivity (Wildman–Crippen MR) is 68.8 cm³/mol. The van der Waals surface area contributed by atoms with E-state index in [0.717, 1.165) is 6.42 Å². The highest BCUT2D eigenvalue weighted by Gasteiger charge is 2.16. The Bertz CT molecular complexity index is 387. The molecule has 1 aromatic rings. The molecule has 0 aliphatic carbocycles. The van der Waals surface area contributed by atoms with Crippen LogP contribution in [0.5, 0.6) is 0 Å². The molecule has 0 spiro atoms. The molecular formula is C10H11Cl2NO2S. The molecule has 1 atom stereocenters. The molecular weight excluding hydrogens is 269 g/mol. The third kappa shape index (κ3) is 3.85. The fourth-order valence-electron chi connectivity index (χ4n) is 1.16. The van der Waals surface area contributed by atoms with Crippen LogP contribution >= 0.6 is 35.0 Å². The Hall–Kier alpha value is -0.450. The van der Waals surface area contributed by atoms with Crippen LogP contribution in [0.2, 0.25) is 5.02 Å². The van der Waals surface area contributed by atoms with Gasteiger partial charge in [-0.25, -0.2) is 0 Å². The number of nitro groups is 1. The summed E-state index contributed by atoms with van der Waals surface area (Å²) in [5, 5.41) is 11.5. The predicted octanol–water partition coefficient (Wildman–Crippen LogP) is 4.36. The van der Waals surface area contributed by atoms with Crippen molar-refractivity contribution in [3.63, 3.8) is 0 Å². The molecule has 0 amide bonds. The molecule has 0 aromatic heterocycles. The zero-order chi connectivity index (χ0) is 12.1. The van der Waals surface area contributed by atoms with Crippen LogP contribution in [0.1, 0.15) is 13.3 Å². The summed E-state index contributed by atoms with van der Waals surface area (Å²) in [4.78, 5) is 11.0. The Kier molecular flexibility index (Phi) is 5.38. The molecule has 1 rings (SSSR count). The van der Waals surface area contributed by atoms with Crippen molar-refractivity contribution in [3.8, 4) is 0 Å². The van der Waals surface area contributed by atoms with Crippen LogP contribution < -0.4 is 0 Å². The van der Waals surface area contributed by atoms with Crippen LogP contribution in [0.25, 0.3) is 0 Å². The molecule has 0 aliphatic heterocycles. The van der Waals surface area contributed by atoms with E-state index in [2.05, 4.69) is 0 Å². The number of alkyl halides is 1. The quantitative estimate of drug-likeness (QED) is 0.348. The van der Waals surface area contributed by atoms with E-state index in [0.29, 0.717) is 15.8 Å². The summed E-state index contributed by atoms with van der Waals surface area (Å²) in [5.41, 5.74) is 0.0934. The van der Waals surface area contributed by atoms with Gasteiger partial charge in [-0.15, -0.1) is 23.4 Å². The minimum absolute atomic E-state index is 0.0934. The van der Waals surface area contributed by atoms with Gasteiger partial charge in [0.05, 0.1) is 9.82 Å². The van der Waals surface area contributed by atoms with Crippen molar-refractivity contribution in [1.82, 2.24) is 0 Å². The average Bonchev–Trinajstić information content (AvgIpc) is 2.17. The van der Waals surface area contributed by atoms with E-state index in [1.165, 1.54) is 23.9 Å². The summed E-state index contributed by atoms with van der Waals surface area (Å²) < 4.78 is 0. The first-order valence-electron chi connectivity index (χ1n) is 4.71. The second kappa shape index (κ2) is 6.33. The van der Waals surface area contributed by atoms with Crippen LogP contribution in [0, 0.1) is 10.1 Å². The number of hydrogen-bond donors (Lipinski definition) is 0. The lowest BCUT2D eigenvalue weighted by molar-refractivity contribution is -0.387. The molecule has 1 aromatic carbocycles. The molecule has 0 aliphatic rings. The molecule has 0 radical (unpaired) electrons. The lowest BCUT2D eigenvalue weighted by atomic mass is 10.3. The van der Waals surface area contributed by atoms with Gasteiger partial charge in [-0.1, -0.05) is 18.5 Å². The molecule has 0 N–H and O–H groups in total. The van der Waals surface area contributed by atoms with Gasteiger partial charge in [0, 0.05) is 22.2 Å². The SMILES string of the molecule is CC(CCCl)Sc1cc(Cl)ccc1[N+](=O)[O-]. The molecule has 0 heterocycles. The molecule has 88 valence electrons. The molecule has 0 saturated carbocycles. The van der Waals surface area contributed by atoms with Crippen molar-refractivity contribution in [3.05, 3.63) is 33.3 Å². The van der Waals surface area contributed by atoms with E-state index < -0.39 is 4.92 Å². The fraction of sp³-hybridized carbons (Fsp3) is 0.400. The number of thioether (sulfide) groups is 1. The second-order valence-corrected chi connectivity index (χ2v) is 5.57. The molecule has 0 fully saturated rings. The van der Waals surface area contributed by atoms with Crippen molar-refractivity contribution in [2.24, 2.45) is 0 Å². The standard InChI is InChI=1S/C10H11Cl2NO2S/c1-7(4-5-11)16-10-6-8(12)2-3-9(10)13(14)15/h2-3,6-7H,4-5H2,1H3. The summed E-state index contributed by atoms with van der Waals surface area (Å²) in [6.45, 7) is 1.98. The molecule has 16 heavy (non-hydrogen) atoms. The maximum atomic E-state index is 10.8. The average molecular weight is 280 g/mol. The van der Waals surface area contributed by atoms with Gasteiger partial charge in [0.15, 0.2) is 0 Å². The highest BCUT2D eigenvalue weighted by molar-refractivity contribution is 8.00. The van der Waals surface area contributed by atoms with Crippen LogP contribution in [0.15, 0.2) is 23.1 Å². The minimum Gasteiger partial charge on any atom is -0.258 e. The van der Waals surface area contributed by atoms with Crippen molar-refractivity contribution in [1.29, 1.82) is 0 Å². The maximum Gasteiger partial charge on any atom is 0.282 e. The van der Waals surface area contributed by atoms with Crippen molar-refractivity contribution in [2.75, 3.05) is 5.88 Å². The van der Waals surface area contributed by atoms with Gasteiger partial charge in [-0.3, -0.25) is 10.1 Å². The summed E-state index contributed by atoms with van der Waals surface area (Å²) in [6, 6.07) is 4.57. The number of rotatable bonds is 5. The van der Waals surface area contributed by atoms with Crippen LogP contribution in [0.3, 0.4) is 0 Å². The van der Waals surface area contributed by atoms with Crippen LogP contribution in [-0.2, 0) is 0 Å². The Morgan fingerprint density at radius 1 is 1.56 bits per heavy atom. The van der Waals surface area contributed by atoms with Gasteiger partial charge < -0.3 is 0 Å². The van der Waals surface area contributed by atoms with E-state index >= 15 is 0 Å². The fourth-order valence-corrected chi connectivity index (χ4v) is 2.98. The van der Waals surface area contributed by atoms with Gasteiger partial charge in [-0.05, 0) is 18.6 Å². The number of nitrogens with zero attached hydrogens (tertiary/aromatic N) is 1. The Morgan fingerprint density at radius 2 is 2.25 bits per heavy atom. The Balaban J connectivity index is 2.92. The zero-order valence-electron chi connectivity index (χ0n) is 8.65. The Labute approximate surface area is 108 Å². The minimum atomic E-state index is -0.397. The highest BCUT2D eigenvalue weighted by Crippen LogP contribution is 2.35. The topological polar surface area (TPSA) is 43.1 Å². The molecule has 0 bridgehead atoms. The monoisotopic (exact) mass is 279 g/mol. The van der Waals surface area contributed by atoms with Crippen molar-refractivity contribution < 1.29 is 4.92 Å². The third-order valence-electron chi connectivity index (χ3n) is 1.96. The van der Waals surface area contributed by atoms with E-state index in [1.54, 1.807) is 6.07 Å². The smallest absolute Gasteiger partial charge is 0.258 e. The largest absolute Gasteiger partial charge is 0.282 e. The summed E-state index contributed by atoms with van der Waals surface area (Å²) in [5.74, 6) is 0.544. The van der Waals surface area contributed by atoms with Crippen molar-refractivity contribution >= 4 is 40.7 Å². The maximum absolute atomic E-state index is 10.8. The van der Waals surface area contributed by atoms with E-state index in [1.807, 2.05) is 6.92 Å². The molecule has 3 nitrogen and oxygen atoms in total. The van der Waals surface area contributed by atoms with Gasteiger partial charge in [0.2, 0.25) is 0 Å². The van der Waals surface area contributed by atoms with Gasteiger partial charge in [0.25, 0.3) is 5.69 Å². The second-order valence-electron chi connectivity index (χ2n) is 3.28. The van der Waals surface area contributed by atoms with Gasteiger partial charge in [-0.2, -0.15) is 0 Å². The summed E-state index contributed by atoms with van der Waals surface area (Å²) in [7, 11) is 0. The normalized spacial score (nSPS) is 12.4. The van der Waals surface area contributed by atoms with Gasteiger partial charge in [0.1, 0.15) is 0 Å². The third-order valence-corrected chi connectivity index (χ3v) is 3.63. The summed E-state index contributed by atoms with van der Waals surface area (Å²) >= 11 is 12.9. The van der Waals surface area contributed by atoms with Crippen LogP contribution in [0.4, 0.5) is 5.69 Å². The Morgan fingerprint density at radius 3 is 2.81 bits per heavy atom. The number of nitro benzene ring substituents is 1. The van der Waals surface area contributed by atoms with Crippen LogP contribution in [-0.4, -0.2) is 16.1 Å².